The van der Waals surface area contributed by atoms with Crippen LogP contribution < -0.4 is 5.73 Å². The van der Waals surface area contributed by atoms with Gasteiger partial charge in [0.2, 0.25) is 0 Å². The molecule has 0 bridgehead atoms. The minimum Gasteiger partial charge on any atom is -0.323 e. The third-order valence-corrected chi connectivity index (χ3v) is 2.76. The summed E-state index contributed by atoms with van der Waals surface area (Å²) in [7, 11) is 0. The second kappa shape index (κ2) is 6.24. The van der Waals surface area contributed by atoms with Gasteiger partial charge in [0.15, 0.2) is 0 Å². The zero-order valence-electron chi connectivity index (χ0n) is 8.46. The largest absolute Gasteiger partial charge is 0.416 e. The maximum Gasteiger partial charge on any atom is 0.416 e. The summed E-state index contributed by atoms with van der Waals surface area (Å²) in [6.07, 6.45) is -4.43. The van der Waals surface area contributed by atoms with Crippen molar-refractivity contribution in [2.45, 2.75) is 18.6 Å². The molecule has 1 rings (SSSR count). The molecule has 17 heavy (non-hydrogen) atoms. The zero-order chi connectivity index (χ0) is 12.3. The van der Waals surface area contributed by atoms with Gasteiger partial charge in [0.05, 0.1) is 18.1 Å². The van der Waals surface area contributed by atoms with Crippen molar-refractivity contribution in [3.63, 3.8) is 0 Å². The van der Waals surface area contributed by atoms with Crippen LogP contribution in [0.1, 0.15) is 23.6 Å². The van der Waals surface area contributed by atoms with Crippen LogP contribution in [-0.4, -0.2) is 0 Å². The van der Waals surface area contributed by atoms with E-state index in [9.17, 15) is 13.2 Å². The van der Waals surface area contributed by atoms with Crippen molar-refractivity contribution in [3.8, 4) is 6.07 Å². The van der Waals surface area contributed by atoms with Gasteiger partial charge in [0, 0.05) is 10.5 Å². The average molecular weight is 330 g/mol. The average Bonchev–Trinajstić information content (AvgIpc) is 2.16. The van der Waals surface area contributed by atoms with Gasteiger partial charge >= 0.3 is 6.18 Å². The molecule has 0 aliphatic heterocycles. The Morgan fingerprint density at radius 2 is 2.00 bits per heavy atom. The number of hydrogen-bond donors (Lipinski definition) is 1. The van der Waals surface area contributed by atoms with Crippen LogP contribution in [0.3, 0.4) is 0 Å². The van der Waals surface area contributed by atoms with E-state index in [1.807, 2.05) is 6.07 Å². The van der Waals surface area contributed by atoms with E-state index in [2.05, 4.69) is 15.9 Å². The Hall–Kier alpha value is -0.770. The molecule has 0 aromatic heterocycles. The second-order valence-electron chi connectivity index (χ2n) is 3.20. The third kappa shape index (κ3) is 4.19. The summed E-state index contributed by atoms with van der Waals surface area (Å²) in [6, 6.07) is 4.32. The molecule has 0 fully saturated rings. The van der Waals surface area contributed by atoms with E-state index in [-0.39, 0.29) is 24.4 Å². The van der Waals surface area contributed by atoms with Gasteiger partial charge in [-0.05, 0) is 23.8 Å². The van der Waals surface area contributed by atoms with Crippen molar-refractivity contribution in [1.29, 1.82) is 5.26 Å². The van der Waals surface area contributed by atoms with Crippen LogP contribution >= 0.6 is 28.3 Å². The molecule has 0 unspecified atom stereocenters. The molecule has 1 aromatic rings. The number of benzene rings is 1. The number of nitrogens with two attached hydrogens (primary N) is 1. The zero-order valence-corrected chi connectivity index (χ0v) is 10.9. The van der Waals surface area contributed by atoms with Gasteiger partial charge in [0.25, 0.3) is 0 Å². The van der Waals surface area contributed by atoms with Crippen LogP contribution in [-0.2, 0) is 6.18 Å². The molecule has 0 spiro atoms. The molecule has 2 nitrogen and oxygen atoms in total. The van der Waals surface area contributed by atoms with Gasteiger partial charge in [-0.15, -0.1) is 12.4 Å². The van der Waals surface area contributed by atoms with Crippen LogP contribution in [0.15, 0.2) is 22.7 Å². The normalized spacial score (nSPS) is 12.5. The molecular formula is C10H9BrClF3N2. The minimum atomic E-state index is -4.40. The van der Waals surface area contributed by atoms with Crippen LogP contribution in [0.4, 0.5) is 13.2 Å². The van der Waals surface area contributed by atoms with Crippen LogP contribution in [0, 0.1) is 11.3 Å². The number of rotatable bonds is 2. The van der Waals surface area contributed by atoms with Crippen molar-refractivity contribution >= 4 is 28.3 Å². The smallest absolute Gasteiger partial charge is 0.323 e. The summed E-state index contributed by atoms with van der Waals surface area (Å²) >= 11 is 3.11. The number of hydrogen-bond acceptors (Lipinski definition) is 2. The Morgan fingerprint density at radius 1 is 1.41 bits per heavy atom. The van der Waals surface area contributed by atoms with Crippen molar-refractivity contribution in [2.24, 2.45) is 5.73 Å². The van der Waals surface area contributed by atoms with Gasteiger partial charge < -0.3 is 5.73 Å². The monoisotopic (exact) mass is 328 g/mol. The Balaban J connectivity index is 0.00000256. The summed E-state index contributed by atoms with van der Waals surface area (Å²) in [4.78, 5) is 0. The second-order valence-corrected chi connectivity index (χ2v) is 4.06. The van der Waals surface area contributed by atoms with Gasteiger partial charge in [-0.2, -0.15) is 18.4 Å². The molecular weight excluding hydrogens is 320 g/mol. The van der Waals surface area contributed by atoms with Gasteiger partial charge in [-0.25, -0.2) is 0 Å². The fraction of sp³-hybridized carbons (Fsp3) is 0.300. The highest BCUT2D eigenvalue weighted by molar-refractivity contribution is 9.10. The molecule has 0 saturated carbocycles. The highest BCUT2D eigenvalue weighted by Crippen LogP contribution is 2.33. The summed E-state index contributed by atoms with van der Waals surface area (Å²) in [5.74, 6) is 0. The van der Waals surface area contributed by atoms with E-state index in [0.29, 0.717) is 4.47 Å². The fourth-order valence-corrected chi connectivity index (χ4v) is 1.75. The molecule has 0 aliphatic carbocycles. The molecule has 1 aromatic carbocycles. The first-order valence-corrected chi connectivity index (χ1v) is 5.14. The van der Waals surface area contributed by atoms with Gasteiger partial charge in [-0.1, -0.05) is 15.9 Å². The summed E-state index contributed by atoms with van der Waals surface area (Å²) in [5.41, 5.74) is 5.12. The molecule has 0 aliphatic rings. The molecule has 1 atom stereocenters. The number of nitrogens with zero attached hydrogens (tertiary/aromatic N) is 1. The third-order valence-electron chi connectivity index (χ3n) is 2.03. The number of alkyl halides is 3. The van der Waals surface area contributed by atoms with Crippen molar-refractivity contribution < 1.29 is 13.2 Å². The van der Waals surface area contributed by atoms with Crippen LogP contribution in [0.25, 0.3) is 0 Å². The molecule has 7 heteroatoms. The lowest BCUT2D eigenvalue weighted by molar-refractivity contribution is -0.137. The first kappa shape index (κ1) is 16.2. The van der Waals surface area contributed by atoms with Crippen molar-refractivity contribution in [3.05, 3.63) is 33.8 Å². The number of halogens is 5. The Labute approximate surface area is 111 Å². The molecule has 0 heterocycles. The quantitative estimate of drug-likeness (QED) is 0.897. The van der Waals surface area contributed by atoms with Crippen LogP contribution in [0.5, 0.6) is 0 Å². The predicted molar refractivity (Wildman–Crippen MR) is 63.6 cm³/mol. The van der Waals surface area contributed by atoms with E-state index < -0.39 is 17.8 Å². The fourth-order valence-electron chi connectivity index (χ4n) is 1.21. The van der Waals surface area contributed by atoms with Crippen molar-refractivity contribution in [2.75, 3.05) is 0 Å². The van der Waals surface area contributed by atoms with E-state index in [0.717, 1.165) is 12.1 Å². The molecule has 2 N–H and O–H groups in total. The molecule has 0 radical (unpaired) electrons. The van der Waals surface area contributed by atoms with E-state index in [1.165, 1.54) is 6.07 Å². The van der Waals surface area contributed by atoms with E-state index >= 15 is 0 Å². The van der Waals surface area contributed by atoms with Crippen LogP contribution in [0.2, 0.25) is 0 Å². The molecule has 0 amide bonds. The summed E-state index contributed by atoms with van der Waals surface area (Å²) in [6.45, 7) is 0. The minimum absolute atomic E-state index is 0. The Bertz CT molecular complexity index is 429. The van der Waals surface area contributed by atoms with Crippen molar-refractivity contribution in [1.82, 2.24) is 0 Å². The summed E-state index contributed by atoms with van der Waals surface area (Å²) in [5, 5.41) is 8.45. The number of nitriles is 1. The summed E-state index contributed by atoms with van der Waals surface area (Å²) < 4.78 is 37.8. The lowest BCUT2D eigenvalue weighted by atomic mass is 10.0. The van der Waals surface area contributed by atoms with E-state index in [1.54, 1.807) is 0 Å². The lowest BCUT2D eigenvalue weighted by Crippen LogP contribution is -2.12. The predicted octanol–water partition coefficient (Wildman–Crippen LogP) is 3.80. The van der Waals surface area contributed by atoms with E-state index in [4.69, 9.17) is 11.0 Å². The lowest BCUT2D eigenvalue weighted by Gasteiger charge is -2.14. The topological polar surface area (TPSA) is 49.8 Å². The Morgan fingerprint density at radius 3 is 2.47 bits per heavy atom. The highest BCUT2D eigenvalue weighted by atomic mass is 79.9. The standard InChI is InChI=1S/C10H8BrF3N2.ClH/c11-8-2-1-6(10(12,13)14)5-7(8)9(16)3-4-15;/h1-2,5,9H,3,16H2;1H/t9-;/m1./s1. The van der Waals surface area contributed by atoms with Gasteiger partial charge in [0.1, 0.15) is 0 Å². The molecule has 0 saturated heterocycles. The highest BCUT2D eigenvalue weighted by Gasteiger charge is 2.31. The maximum atomic E-state index is 12.4. The SMILES string of the molecule is Cl.N#CC[C@@H](N)c1cc(C(F)(F)F)ccc1Br. The van der Waals surface area contributed by atoms with Gasteiger partial charge in [-0.3, -0.25) is 0 Å². The molecule has 94 valence electrons. The maximum absolute atomic E-state index is 12.4. The first-order valence-electron chi connectivity index (χ1n) is 4.35. The Kier molecular flexibility index (Phi) is 5.96. The first-order chi connectivity index (χ1) is 7.36.